The molecular weight excluding hydrogens is 611 g/mol. The van der Waals surface area contributed by atoms with Gasteiger partial charge in [0.25, 0.3) is 0 Å². The van der Waals surface area contributed by atoms with Gasteiger partial charge in [-0.2, -0.15) is 0 Å². The van der Waals surface area contributed by atoms with Crippen molar-refractivity contribution < 1.29 is 4.42 Å². The van der Waals surface area contributed by atoms with E-state index >= 15 is 0 Å². The number of furan rings is 1. The van der Waals surface area contributed by atoms with Crippen molar-refractivity contribution in [1.82, 2.24) is 15.0 Å². The van der Waals surface area contributed by atoms with E-state index in [1.165, 1.54) is 11.1 Å². The van der Waals surface area contributed by atoms with Gasteiger partial charge in [0.15, 0.2) is 17.5 Å². The highest BCUT2D eigenvalue weighted by Crippen LogP contribution is 2.42. The molecule has 2 aromatic heterocycles. The second kappa shape index (κ2) is 12.4. The molecule has 0 radical (unpaired) electrons. The van der Waals surface area contributed by atoms with Gasteiger partial charge in [-0.05, 0) is 52.9 Å². The van der Waals surface area contributed by atoms with Crippen molar-refractivity contribution in [2.75, 3.05) is 0 Å². The number of hydrogen-bond acceptors (Lipinski definition) is 4. The molecule has 0 N–H and O–H groups in total. The molecule has 0 aliphatic heterocycles. The van der Waals surface area contributed by atoms with E-state index < -0.39 is 0 Å². The highest BCUT2D eigenvalue weighted by atomic mass is 16.3. The summed E-state index contributed by atoms with van der Waals surface area (Å²) in [5.41, 5.74) is 12.4. The van der Waals surface area contributed by atoms with E-state index in [0.717, 1.165) is 66.4 Å². The molecule has 0 spiro atoms. The van der Waals surface area contributed by atoms with Crippen LogP contribution in [0.2, 0.25) is 0 Å². The Morgan fingerprint density at radius 2 is 0.880 bits per heavy atom. The molecule has 0 saturated carbocycles. The first kappa shape index (κ1) is 29.5. The number of aryl methyl sites for hydroxylation is 1. The quantitative estimate of drug-likeness (QED) is 0.181. The van der Waals surface area contributed by atoms with Crippen LogP contribution < -0.4 is 0 Å². The molecule has 0 aliphatic carbocycles. The molecule has 0 amide bonds. The lowest BCUT2D eigenvalue weighted by Crippen LogP contribution is -2.00. The zero-order valence-corrected chi connectivity index (χ0v) is 27.4. The number of nitrogens with zero attached hydrogens (tertiary/aromatic N) is 3. The van der Waals surface area contributed by atoms with Gasteiger partial charge in [0.2, 0.25) is 0 Å². The van der Waals surface area contributed by atoms with Crippen LogP contribution in [0.3, 0.4) is 0 Å². The second-order valence-corrected chi connectivity index (χ2v) is 12.5. The molecule has 0 atom stereocenters. The highest BCUT2D eigenvalue weighted by Gasteiger charge is 2.19. The van der Waals surface area contributed by atoms with Crippen LogP contribution in [0.25, 0.3) is 89.5 Å². The molecule has 7 aromatic carbocycles. The van der Waals surface area contributed by atoms with Crippen LogP contribution in [0.5, 0.6) is 0 Å². The molecule has 50 heavy (non-hydrogen) atoms. The van der Waals surface area contributed by atoms with Crippen LogP contribution in [0.15, 0.2) is 174 Å². The second-order valence-electron chi connectivity index (χ2n) is 12.5. The molecule has 9 rings (SSSR count). The zero-order valence-electron chi connectivity index (χ0n) is 27.4. The van der Waals surface area contributed by atoms with E-state index in [0.29, 0.717) is 17.5 Å². The molecule has 4 nitrogen and oxygen atoms in total. The highest BCUT2D eigenvalue weighted by molar-refractivity contribution is 6.16. The number of fused-ring (bicyclic) bond motifs is 3. The van der Waals surface area contributed by atoms with Gasteiger partial charge in [-0.25, -0.2) is 15.0 Å². The summed E-state index contributed by atoms with van der Waals surface area (Å²) in [4.78, 5) is 15.0. The maximum absolute atomic E-state index is 6.78. The summed E-state index contributed by atoms with van der Waals surface area (Å²) >= 11 is 0. The molecule has 0 aliphatic rings. The van der Waals surface area contributed by atoms with Crippen molar-refractivity contribution in [2.45, 2.75) is 6.92 Å². The Kier molecular flexibility index (Phi) is 7.33. The monoisotopic (exact) mass is 641 g/mol. The minimum atomic E-state index is 0.588. The Hall–Kier alpha value is -6.65. The first-order valence-corrected chi connectivity index (χ1v) is 16.8. The lowest BCUT2D eigenvalue weighted by atomic mass is 9.94. The van der Waals surface area contributed by atoms with Crippen LogP contribution in [-0.2, 0) is 0 Å². The smallest absolute Gasteiger partial charge is 0.164 e. The lowest BCUT2D eigenvalue weighted by Gasteiger charge is -2.09. The van der Waals surface area contributed by atoms with Crippen molar-refractivity contribution in [3.63, 3.8) is 0 Å². The number of aromatic nitrogens is 3. The molecule has 236 valence electrons. The van der Waals surface area contributed by atoms with Crippen molar-refractivity contribution in [1.29, 1.82) is 0 Å². The number of rotatable bonds is 6. The van der Waals surface area contributed by atoms with Gasteiger partial charge in [-0.3, -0.25) is 0 Å². The molecule has 0 saturated heterocycles. The average Bonchev–Trinajstić information content (AvgIpc) is 3.57. The van der Waals surface area contributed by atoms with Crippen molar-refractivity contribution in [3.05, 3.63) is 175 Å². The Morgan fingerprint density at radius 3 is 1.52 bits per heavy atom. The molecule has 4 heteroatoms. The van der Waals surface area contributed by atoms with Gasteiger partial charge in [0.05, 0.1) is 0 Å². The predicted octanol–water partition coefficient (Wildman–Crippen LogP) is 12.1. The van der Waals surface area contributed by atoms with Gasteiger partial charge in [-0.1, -0.05) is 157 Å². The van der Waals surface area contributed by atoms with Crippen molar-refractivity contribution in [2.24, 2.45) is 0 Å². The van der Waals surface area contributed by atoms with Crippen LogP contribution >= 0.6 is 0 Å². The third-order valence-corrected chi connectivity index (χ3v) is 9.21. The van der Waals surface area contributed by atoms with Gasteiger partial charge in [0.1, 0.15) is 11.2 Å². The molecule has 9 aromatic rings. The van der Waals surface area contributed by atoms with Crippen LogP contribution in [0.1, 0.15) is 5.56 Å². The summed E-state index contributed by atoms with van der Waals surface area (Å²) in [6.07, 6.45) is 0. The summed E-state index contributed by atoms with van der Waals surface area (Å²) in [6.45, 7) is 2.11. The Morgan fingerprint density at radius 1 is 0.380 bits per heavy atom. The largest absolute Gasteiger partial charge is 0.455 e. The van der Waals surface area contributed by atoms with Crippen LogP contribution in [0.4, 0.5) is 0 Å². The van der Waals surface area contributed by atoms with Crippen molar-refractivity contribution in [3.8, 4) is 67.5 Å². The first-order chi connectivity index (χ1) is 24.7. The van der Waals surface area contributed by atoms with Gasteiger partial charge in [0, 0.05) is 33.0 Å². The molecule has 2 heterocycles. The SMILES string of the molecule is Cc1cccc(-c2ccc(-c3nc(-c4ccccc4)nc(-c4ccc5c(c4)oc4c(-c6ccccc6)ccc(-c6ccccc6)c45)n3)cc2)c1. The standard InChI is InChI=1S/C46H31N3O/c1-30-12-11-19-36(28-30)31-20-22-35(23-21-31)45-47-44(34-17-9-4-10-18-34)48-46(49-45)37-24-25-40-41(29-37)50-43-39(33-15-7-3-8-16-33)27-26-38(42(40)43)32-13-5-2-6-14-32/h2-29H,1H3. The minimum absolute atomic E-state index is 0.588. The van der Waals surface area contributed by atoms with Gasteiger partial charge >= 0.3 is 0 Å². The van der Waals surface area contributed by atoms with E-state index in [1.54, 1.807) is 0 Å². The Bertz CT molecular complexity index is 2630. The van der Waals surface area contributed by atoms with E-state index in [2.05, 4.69) is 134 Å². The Labute approximate surface area is 290 Å². The number of hydrogen-bond donors (Lipinski definition) is 0. The number of benzene rings is 7. The predicted molar refractivity (Wildman–Crippen MR) is 204 cm³/mol. The van der Waals surface area contributed by atoms with Crippen LogP contribution in [0, 0.1) is 6.92 Å². The normalized spacial score (nSPS) is 11.3. The minimum Gasteiger partial charge on any atom is -0.455 e. The van der Waals surface area contributed by atoms with E-state index in [-0.39, 0.29) is 0 Å². The summed E-state index contributed by atoms with van der Waals surface area (Å²) in [6, 6.07) is 58.6. The van der Waals surface area contributed by atoms with Gasteiger partial charge in [-0.15, -0.1) is 0 Å². The van der Waals surface area contributed by atoms with E-state index in [9.17, 15) is 0 Å². The zero-order chi connectivity index (χ0) is 33.4. The summed E-state index contributed by atoms with van der Waals surface area (Å²) < 4.78 is 6.78. The first-order valence-electron chi connectivity index (χ1n) is 16.8. The van der Waals surface area contributed by atoms with Crippen molar-refractivity contribution >= 4 is 21.9 Å². The maximum atomic E-state index is 6.78. The third kappa shape index (κ3) is 5.43. The molecule has 0 bridgehead atoms. The fraction of sp³-hybridized carbons (Fsp3) is 0.0217. The fourth-order valence-electron chi connectivity index (χ4n) is 6.71. The average molecular weight is 642 g/mol. The lowest BCUT2D eigenvalue weighted by molar-refractivity contribution is 0.670. The third-order valence-electron chi connectivity index (χ3n) is 9.21. The molecule has 0 unspecified atom stereocenters. The van der Waals surface area contributed by atoms with Gasteiger partial charge < -0.3 is 4.42 Å². The Balaban J connectivity index is 1.20. The van der Waals surface area contributed by atoms with E-state index in [4.69, 9.17) is 19.4 Å². The summed E-state index contributed by atoms with van der Waals surface area (Å²) in [5.74, 6) is 1.83. The van der Waals surface area contributed by atoms with E-state index in [1.807, 2.05) is 42.5 Å². The molecule has 0 fully saturated rings. The summed E-state index contributed by atoms with van der Waals surface area (Å²) in [7, 11) is 0. The molecular formula is C46H31N3O. The summed E-state index contributed by atoms with van der Waals surface area (Å²) in [5, 5.41) is 2.14. The topological polar surface area (TPSA) is 51.8 Å². The maximum Gasteiger partial charge on any atom is 0.164 e. The van der Waals surface area contributed by atoms with Crippen LogP contribution in [-0.4, -0.2) is 15.0 Å². The fourth-order valence-corrected chi connectivity index (χ4v) is 6.71.